The molecule has 0 bridgehead atoms. The number of amides is 1. The number of carbonyl (C=O) groups excluding carboxylic acids is 1. The molecule has 0 aliphatic carbocycles. The summed E-state index contributed by atoms with van der Waals surface area (Å²) in [6.07, 6.45) is 0. The highest BCUT2D eigenvalue weighted by Crippen LogP contribution is 2.26. The first-order valence-corrected chi connectivity index (χ1v) is 8.09. The highest BCUT2D eigenvalue weighted by molar-refractivity contribution is 6.31. The minimum Gasteiger partial charge on any atom is -0.457 e. The van der Waals surface area contributed by atoms with Gasteiger partial charge in [0.2, 0.25) is 0 Å². The average Bonchev–Trinajstić information content (AvgIpc) is 2.63. The van der Waals surface area contributed by atoms with Crippen LogP contribution in [0.3, 0.4) is 0 Å². The number of nitro groups is 1. The average molecular weight is 387 g/mol. The SMILES string of the molecule is O=C(Nc1ccc(Oc2cccc(F)c2)cc1)c1ccc(Cl)cc1[N+](=O)[O-]. The lowest BCUT2D eigenvalue weighted by Crippen LogP contribution is -2.13. The molecular formula is C19H12ClFN2O4. The molecule has 3 rings (SSSR count). The second-order valence-electron chi connectivity index (χ2n) is 5.46. The third kappa shape index (κ3) is 4.59. The normalized spacial score (nSPS) is 10.3. The van der Waals surface area contributed by atoms with Gasteiger partial charge >= 0.3 is 0 Å². The van der Waals surface area contributed by atoms with Crippen molar-refractivity contribution in [3.63, 3.8) is 0 Å². The predicted octanol–water partition coefficient (Wildman–Crippen LogP) is 5.43. The first kappa shape index (κ1) is 18.3. The molecule has 8 heteroatoms. The van der Waals surface area contributed by atoms with E-state index in [1.165, 1.54) is 30.3 Å². The number of carbonyl (C=O) groups is 1. The van der Waals surface area contributed by atoms with Crippen LogP contribution in [0, 0.1) is 15.9 Å². The Morgan fingerprint density at radius 2 is 1.78 bits per heavy atom. The Bertz CT molecular complexity index is 1010. The van der Waals surface area contributed by atoms with E-state index in [1.54, 1.807) is 30.3 Å². The van der Waals surface area contributed by atoms with Crippen molar-refractivity contribution in [3.8, 4) is 11.5 Å². The van der Waals surface area contributed by atoms with Gasteiger partial charge in [0.1, 0.15) is 22.9 Å². The van der Waals surface area contributed by atoms with E-state index < -0.39 is 16.6 Å². The molecule has 0 spiro atoms. The Balaban J connectivity index is 1.73. The van der Waals surface area contributed by atoms with Gasteiger partial charge in [-0.1, -0.05) is 17.7 Å². The van der Waals surface area contributed by atoms with Crippen LogP contribution in [0.1, 0.15) is 10.4 Å². The minimum absolute atomic E-state index is 0.107. The number of nitrogens with zero attached hydrogens (tertiary/aromatic N) is 1. The van der Waals surface area contributed by atoms with Crippen molar-refractivity contribution in [1.82, 2.24) is 0 Å². The van der Waals surface area contributed by atoms with Crippen molar-refractivity contribution >= 4 is 28.9 Å². The van der Waals surface area contributed by atoms with E-state index in [4.69, 9.17) is 16.3 Å². The number of benzene rings is 3. The number of nitro benzene ring substituents is 1. The van der Waals surface area contributed by atoms with Crippen molar-refractivity contribution in [2.75, 3.05) is 5.32 Å². The van der Waals surface area contributed by atoms with Gasteiger partial charge in [0.05, 0.1) is 4.92 Å². The molecule has 1 amide bonds. The van der Waals surface area contributed by atoms with Gasteiger partial charge in [-0.3, -0.25) is 14.9 Å². The van der Waals surface area contributed by atoms with E-state index in [0.717, 1.165) is 6.07 Å². The fourth-order valence-electron chi connectivity index (χ4n) is 2.32. The smallest absolute Gasteiger partial charge is 0.283 e. The van der Waals surface area contributed by atoms with Gasteiger partial charge in [-0.05, 0) is 48.5 Å². The third-order valence-corrected chi connectivity index (χ3v) is 3.78. The van der Waals surface area contributed by atoms with E-state index in [2.05, 4.69) is 5.32 Å². The summed E-state index contributed by atoms with van der Waals surface area (Å²) in [6, 6.07) is 15.8. The number of ether oxygens (including phenoxy) is 1. The zero-order valence-corrected chi connectivity index (χ0v) is 14.4. The molecule has 3 aromatic rings. The monoisotopic (exact) mass is 386 g/mol. The molecule has 0 unspecified atom stereocenters. The third-order valence-electron chi connectivity index (χ3n) is 3.55. The first-order chi connectivity index (χ1) is 12.9. The highest BCUT2D eigenvalue weighted by atomic mass is 35.5. The maximum absolute atomic E-state index is 13.2. The first-order valence-electron chi connectivity index (χ1n) is 7.71. The predicted molar refractivity (Wildman–Crippen MR) is 99.0 cm³/mol. The molecule has 136 valence electrons. The molecule has 0 atom stereocenters. The summed E-state index contributed by atoms with van der Waals surface area (Å²) in [7, 11) is 0. The summed E-state index contributed by atoms with van der Waals surface area (Å²) >= 11 is 5.75. The molecule has 0 fully saturated rings. The second-order valence-corrected chi connectivity index (χ2v) is 5.89. The van der Waals surface area contributed by atoms with Gasteiger partial charge in [-0.25, -0.2) is 4.39 Å². The van der Waals surface area contributed by atoms with Gasteiger partial charge in [0.25, 0.3) is 11.6 Å². The zero-order chi connectivity index (χ0) is 19.4. The molecule has 0 aromatic heterocycles. The number of rotatable bonds is 5. The molecule has 0 heterocycles. The van der Waals surface area contributed by atoms with E-state index >= 15 is 0 Å². The van der Waals surface area contributed by atoms with Crippen LogP contribution in [0.5, 0.6) is 11.5 Å². The fourth-order valence-corrected chi connectivity index (χ4v) is 2.49. The maximum Gasteiger partial charge on any atom is 0.283 e. The van der Waals surface area contributed by atoms with Crippen LogP contribution in [0.25, 0.3) is 0 Å². The van der Waals surface area contributed by atoms with Crippen molar-refractivity contribution in [1.29, 1.82) is 0 Å². The molecular weight excluding hydrogens is 375 g/mol. The van der Waals surface area contributed by atoms with Crippen LogP contribution in [0.15, 0.2) is 66.7 Å². The van der Waals surface area contributed by atoms with Crippen LogP contribution >= 0.6 is 11.6 Å². The van der Waals surface area contributed by atoms with Crippen LogP contribution < -0.4 is 10.1 Å². The quantitative estimate of drug-likeness (QED) is 0.468. The summed E-state index contributed by atoms with van der Waals surface area (Å²) in [6.45, 7) is 0. The lowest BCUT2D eigenvalue weighted by atomic mass is 10.1. The van der Waals surface area contributed by atoms with Gasteiger partial charge < -0.3 is 10.1 Å². The van der Waals surface area contributed by atoms with Gasteiger partial charge in [-0.2, -0.15) is 0 Å². The number of anilines is 1. The van der Waals surface area contributed by atoms with Crippen LogP contribution in [0.4, 0.5) is 15.8 Å². The Hall–Kier alpha value is -3.45. The summed E-state index contributed by atoms with van der Waals surface area (Å²) in [4.78, 5) is 22.8. The summed E-state index contributed by atoms with van der Waals surface area (Å²) < 4.78 is 18.7. The zero-order valence-electron chi connectivity index (χ0n) is 13.7. The van der Waals surface area contributed by atoms with Crippen molar-refractivity contribution in [2.45, 2.75) is 0 Å². The van der Waals surface area contributed by atoms with Crippen LogP contribution in [-0.4, -0.2) is 10.8 Å². The second kappa shape index (κ2) is 7.84. The summed E-state index contributed by atoms with van der Waals surface area (Å²) in [5.41, 5.74) is -0.0774. The molecule has 0 saturated carbocycles. The summed E-state index contributed by atoms with van der Waals surface area (Å²) in [5, 5.41) is 13.8. The van der Waals surface area contributed by atoms with Crippen molar-refractivity contribution in [3.05, 3.63) is 93.2 Å². The molecule has 0 aliphatic heterocycles. The van der Waals surface area contributed by atoms with Gasteiger partial charge in [0, 0.05) is 22.8 Å². The van der Waals surface area contributed by atoms with Crippen LogP contribution in [-0.2, 0) is 0 Å². The Morgan fingerprint density at radius 3 is 2.44 bits per heavy atom. The standard InChI is InChI=1S/C19H12ClFN2O4/c20-12-4-9-17(18(10-12)23(25)26)19(24)22-14-5-7-15(8-6-14)27-16-3-1-2-13(21)11-16/h1-11H,(H,22,24). The molecule has 27 heavy (non-hydrogen) atoms. The Labute approximate surface area is 158 Å². The highest BCUT2D eigenvalue weighted by Gasteiger charge is 2.20. The number of hydrogen-bond acceptors (Lipinski definition) is 4. The lowest BCUT2D eigenvalue weighted by molar-refractivity contribution is -0.385. The Kier molecular flexibility index (Phi) is 5.33. The molecule has 6 nitrogen and oxygen atoms in total. The minimum atomic E-state index is -0.670. The number of halogens is 2. The lowest BCUT2D eigenvalue weighted by Gasteiger charge is -2.09. The molecule has 3 aromatic carbocycles. The topological polar surface area (TPSA) is 81.5 Å². The van der Waals surface area contributed by atoms with Crippen molar-refractivity contribution in [2.24, 2.45) is 0 Å². The molecule has 0 radical (unpaired) electrons. The van der Waals surface area contributed by atoms with E-state index in [1.807, 2.05) is 0 Å². The number of nitrogens with one attached hydrogen (secondary N) is 1. The summed E-state index contributed by atoms with van der Waals surface area (Å²) in [5.74, 6) is -0.280. The van der Waals surface area contributed by atoms with Crippen molar-refractivity contribution < 1.29 is 18.8 Å². The van der Waals surface area contributed by atoms with Gasteiger partial charge in [0.15, 0.2) is 0 Å². The molecule has 1 N–H and O–H groups in total. The maximum atomic E-state index is 13.2. The van der Waals surface area contributed by atoms with E-state index in [-0.39, 0.29) is 16.3 Å². The molecule has 0 saturated heterocycles. The molecule has 0 aliphatic rings. The van der Waals surface area contributed by atoms with E-state index in [0.29, 0.717) is 17.2 Å². The van der Waals surface area contributed by atoms with Crippen LogP contribution in [0.2, 0.25) is 5.02 Å². The largest absolute Gasteiger partial charge is 0.457 e. The fraction of sp³-hybridized carbons (Fsp3) is 0. The van der Waals surface area contributed by atoms with E-state index in [9.17, 15) is 19.3 Å². The number of hydrogen-bond donors (Lipinski definition) is 1. The Morgan fingerprint density at radius 1 is 1.04 bits per heavy atom. The van der Waals surface area contributed by atoms with Gasteiger partial charge in [-0.15, -0.1) is 0 Å².